The standard InChI is InChI=1S/C66H29NO2/c68-46(69)27-67(44-25-40-19-11-32-7-15-36-21-34-13-5-28-1-3-30-9-17-38-23-42(44)61-53(40)51(32)57(36)63-55(34)47(28)49(30)59(38)65(61)63)45-26-41-20-12-33-8-16-37-22-35-14-6-29-2-4-31-10-18-39-24-43(45)62-54(41)52(33)58(37)64-56(35)48(29)50(31)60(39)66(62)64/h1-26H,27H2,(H,68,69). The van der Waals surface area contributed by atoms with Gasteiger partial charge in [-0.05, 0) is 209 Å². The van der Waals surface area contributed by atoms with E-state index < -0.39 is 5.97 Å². The highest BCUT2D eigenvalue weighted by Crippen LogP contribution is 2.59. The lowest BCUT2D eigenvalue weighted by molar-refractivity contribution is -0.135. The second kappa shape index (κ2) is 10.4. The topological polar surface area (TPSA) is 40.5 Å². The largest absolute Gasteiger partial charge is 0.480 e. The summed E-state index contributed by atoms with van der Waals surface area (Å²) in [5, 5.41) is 56.7. The van der Waals surface area contributed by atoms with Crippen LogP contribution in [0, 0.1) is 0 Å². The first kappa shape index (κ1) is 33.4. The van der Waals surface area contributed by atoms with E-state index in [4.69, 9.17) is 0 Å². The Balaban J connectivity index is 1.02. The monoisotopic (exact) mass is 867 g/mol. The summed E-state index contributed by atoms with van der Waals surface area (Å²) in [5.41, 5.74) is 1.83. The third-order valence-corrected chi connectivity index (χ3v) is 17.7. The maximum atomic E-state index is 13.7. The summed E-state index contributed by atoms with van der Waals surface area (Å²) in [7, 11) is 0. The summed E-state index contributed by atoms with van der Waals surface area (Å²) in [6, 6.07) is 60.2. The SMILES string of the molecule is O=C(O)CN(c1cc2ccc3ccc4cc5ccc6ccc7ccc8cc1c1c2c3c4c2c5c6c7c8c12)c1cc2ccc3ccc4cc5ccc6ccc7ccc8cc1c1c2c3c4c2c5c6c7c8c12. The average molecular weight is 868 g/mol. The second-order valence-electron chi connectivity index (χ2n) is 20.7. The first-order valence-electron chi connectivity index (χ1n) is 24.1. The lowest BCUT2D eigenvalue weighted by atomic mass is 9.77. The van der Waals surface area contributed by atoms with Crippen LogP contribution < -0.4 is 4.90 Å². The van der Waals surface area contributed by atoms with Crippen LogP contribution in [0.4, 0.5) is 11.4 Å². The molecule has 0 saturated carbocycles. The van der Waals surface area contributed by atoms with Gasteiger partial charge in [0, 0.05) is 21.5 Å². The molecule has 20 aromatic rings. The van der Waals surface area contributed by atoms with Crippen LogP contribution >= 0.6 is 0 Å². The van der Waals surface area contributed by atoms with Crippen LogP contribution in [0.15, 0.2) is 158 Å². The molecule has 1 N–H and O–H groups in total. The van der Waals surface area contributed by atoms with Crippen molar-refractivity contribution in [2.75, 3.05) is 11.4 Å². The van der Waals surface area contributed by atoms with Crippen molar-refractivity contribution < 1.29 is 9.90 Å². The van der Waals surface area contributed by atoms with Crippen LogP contribution in [0.3, 0.4) is 0 Å². The Hall–Kier alpha value is -9.05. The van der Waals surface area contributed by atoms with E-state index in [1.54, 1.807) is 0 Å². The fourth-order valence-electron chi connectivity index (χ4n) is 15.4. The normalized spacial score (nSPS) is 13.7. The van der Waals surface area contributed by atoms with Crippen LogP contribution in [-0.4, -0.2) is 17.6 Å². The Kier molecular flexibility index (Phi) is 5.04. The molecule has 0 fully saturated rings. The van der Waals surface area contributed by atoms with Crippen molar-refractivity contribution in [3.8, 4) is 0 Å². The van der Waals surface area contributed by atoms with E-state index in [0.717, 1.165) is 32.9 Å². The molecule has 0 aliphatic carbocycles. The van der Waals surface area contributed by atoms with Gasteiger partial charge in [-0.15, -0.1) is 0 Å². The van der Waals surface area contributed by atoms with Gasteiger partial charge in [-0.25, -0.2) is 0 Å². The van der Waals surface area contributed by atoms with Gasteiger partial charge in [0.1, 0.15) is 6.54 Å². The van der Waals surface area contributed by atoms with Crippen molar-refractivity contribution >= 4 is 211 Å². The van der Waals surface area contributed by atoms with Crippen molar-refractivity contribution in [3.05, 3.63) is 158 Å². The average Bonchev–Trinajstić information content (AvgIpc) is 3.38. The summed E-state index contributed by atoms with van der Waals surface area (Å²) < 4.78 is 0. The third kappa shape index (κ3) is 3.41. The number of nitrogens with zero attached hydrogens (tertiary/aromatic N) is 1. The molecular formula is C66H29NO2. The summed E-state index contributed by atoms with van der Waals surface area (Å²) >= 11 is 0. The molecule has 0 aromatic heterocycles. The van der Waals surface area contributed by atoms with Crippen molar-refractivity contribution in [1.82, 2.24) is 0 Å². The Bertz CT molecular complexity index is 5270. The molecule has 3 heteroatoms. The van der Waals surface area contributed by atoms with Crippen molar-refractivity contribution in [2.45, 2.75) is 0 Å². The minimum atomic E-state index is -0.871. The Morgan fingerprint density at radius 1 is 0.261 bits per heavy atom. The number of carboxylic acid groups (broad SMARTS) is 1. The van der Waals surface area contributed by atoms with E-state index in [1.165, 1.54) is 172 Å². The summed E-state index contributed by atoms with van der Waals surface area (Å²) in [5.74, 6) is -0.871. The van der Waals surface area contributed by atoms with Gasteiger partial charge < -0.3 is 10.0 Å². The first-order chi connectivity index (χ1) is 34.0. The van der Waals surface area contributed by atoms with E-state index >= 15 is 0 Å². The number of hydrogen-bond donors (Lipinski definition) is 1. The molecule has 0 spiro atoms. The Morgan fingerprint density at radius 3 is 0.739 bits per heavy atom. The molecule has 0 atom stereocenters. The fourth-order valence-corrected chi connectivity index (χ4v) is 15.4. The van der Waals surface area contributed by atoms with E-state index in [-0.39, 0.29) is 6.54 Å². The molecule has 69 heavy (non-hydrogen) atoms. The summed E-state index contributed by atoms with van der Waals surface area (Å²) in [6.07, 6.45) is 0. The first-order valence-corrected chi connectivity index (χ1v) is 24.1. The zero-order valence-electron chi connectivity index (χ0n) is 36.5. The van der Waals surface area contributed by atoms with Gasteiger partial charge in [0.2, 0.25) is 0 Å². The van der Waals surface area contributed by atoms with Gasteiger partial charge in [-0.2, -0.15) is 0 Å². The third-order valence-electron chi connectivity index (χ3n) is 17.7. The van der Waals surface area contributed by atoms with Gasteiger partial charge in [-0.1, -0.05) is 121 Å². The van der Waals surface area contributed by atoms with Crippen LogP contribution in [0.5, 0.6) is 0 Å². The molecule has 0 amide bonds. The lowest BCUT2D eigenvalue weighted by Gasteiger charge is -2.31. The van der Waals surface area contributed by atoms with Crippen LogP contribution in [0.25, 0.3) is 194 Å². The lowest BCUT2D eigenvalue weighted by Crippen LogP contribution is -2.25. The van der Waals surface area contributed by atoms with Crippen LogP contribution in [-0.2, 0) is 4.79 Å². The number of carbonyl (C=O) groups is 1. The second-order valence-corrected chi connectivity index (χ2v) is 20.7. The number of hydrogen-bond acceptors (Lipinski definition) is 2. The number of carboxylic acids is 1. The molecule has 0 heterocycles. The highest BCUT2D eigenvalue weighted by Gasteiger charge is 2.32. The predicted octanol–water partition coefficient (Wildman–Crippen LogP) is 18.0. The quantitative estimate of drug-likeness (QED) is 0.142. The zero-order chi connectivity index (χ0) is 44.2. The summed E-state index contributed by atoms with van der Waals surface area (Å²) in [6.45, 7) is -0.207. The van der Waals surface area contributed by atoms with E-state index in [9.17, 15) is 9.90 Å². The van der Waals surface area contributed by atoms with Gasteiger partial charge in [0.05, 0.1) is 11.4 Å². The molecule has 310 valence electrons. The molecule has 0 radical (unpaired) electrons. The number of aliphatic carboxylic acids is 1. The smallest absolute Gasteiger partial charge is 0.323 e. The minimum Gasteiger partial charge on any atom is -0.480 e. The van der Waals surface area contributed by atoms with Crippen molar-refractivity contribution in [1.29, 1.82) is 0 Å². The fraction of sp³-hybridized carbons (Fsp3) is 0.0152. The molecule has 20 rings (SSSR count). The van der Waals surface area contributed by atoms with Crippen LogP contribution in [0.2, 0.25) is 0 Å². The molecule has 0 saturated heterocycles. The maximum absolute atomic E-state index is 13.7. The maximum Gasteiger partial charge on any atom is 0.323 e. The number of anilines is 2. The zero-order valence-corrected chi connectivity index (χ0v) is 36.5. The van der Waals surface area contributed by atoms with Crippen molar-refractivity contribution in [3.63, 3.8) is 0 Å². The highest BCUT2D eigenvalue weighted by atomic mass is 16.4. The highest BCUT2D eigenvalue weighted by molar-refractivity contribution is 6.56. The Morgan fingerprint density at radius 2 is 0.464 bits per heavy atom. The summed E-state index contributed by atoms with van der Waals surface area (Å²) in [4.78, 5) is 15.9. The Labute approximate surface area is 388 Å². The molecule has 3 nitrogen and oxygen atoms in total. The predicted molar refractivity (Wildman–Crippen MR) is 294 cm³/mol. The number of benzene rings is 20. The minimum absolute atomic E-state index is 0.207. The van der Waals surface area contributed by atoms with Crippen LogP contribution in [0.1, 0.15) is 0 Å². The molecule has 0 aliphatic rings. The van der Waals surface area contributed by atoms with E-state index in [2.05, 4.69) is 163 Å². The molecular weight excluding hydrogens is 839 g/mol. The van der Waals surface area contributed by atoms with Gasteiger partial charge in [-0.3, -0.25) is 4.79 Å². The van der Waals surface area contributed by atoms with Crippen molar-refractivity contribution in [2.24, 2.45) is 0 Å². The van der Waals surface area contributed by atoms with E-state index in [1.807, 2.05) is 0 Å². The van der Waals surface area contributed by atoms with Gasteiger partial charge >= 0.3 is 5.97 Å². The molecule has 0 unspecified atom stereocenters. The van der Waals surface area contributed by atoms with Gasteiger partial charge in [0.15, 0.2) is 0 Å². The number of rotatable bonds is 4. The molecule has 0 aliphatic heterocycles. The van der Waals surface area contributed by atoms with E-state index in [0.29, 0.717) is 0 Å². The molecule has 0 bridgehead atoms. The molecule has 20 aromatic carbocycles. The van der Waals surface area contributed by atoms with Gasteiger partial charge in [0.25, 0.3) is 0 Å².